The van der Waals surface area contributed by atoms with E-state index in [0.717, 1.165) is 35.9 Å². The Bertz CT molecular complexity index is 1600. The first-order chi connectivity index (χ1) is 21.8. The summed E-state index contributed by atoms with van der Waals surface area (Å²) in [6.45, 7) is 4.05. The van der Waals surface area contributed by atoms with E-state index in [1.807, 2.05) is 48.5 Å². The summed E-state index contributed by atoms with van der Waals surface area (Å²) in [7, 11) is 3.58. The number of hydrazine groups is 1. The van der Waals surface area contributed by atoms with Gasteiger partial charge in [-0.1, -0.05) is 66.7 Å². The highest BCUT2D eigenvalue weighted by atomic mass is 16.6. The van der Waals surface area contributed by atoms with Crippen molar-refractivity contribution >= 4 is 28.8 Å². The fourth-order valence-corrected chi connectivity index (χ4v) is 6.05. The van der Waals surface area contributed by atoms with Gasteiger partial charge in [0.15, 0.2) is 0 Å². The Balaban J connectivity index is 1.16. The van der Waals surface area contributed by atoms with Gasteiger partial charge in [-0.3, -0.25) is 9.59 Å². The Kier molecular flexibility index (Phi) is 10.5. The zero-order chi connectivity index (χ0) is 31.8. The molecule has 1 aliphatic rings. The molecule has 9 nitrogen and oxygen atoms in total. The minimum Gasteiger partial charge on any atom is -0.447 e. The second kappa shape index (κ2) is 14.9. The number of para-hydroxylation sites is 1. The number of fused-ring (bicyclic) bond motifs is 4. The summed E-state index contributed by atoms with van der Waals surface area (Å²) in [5.74, 6) is -0.0162. The number of nitrogens with zero attached hydrogens (tertiary/aromatic N) is 3. The van der Waals surface area contributed by atoms with E-state index in [1.165, 1.54) is 34.2 Å². The average Bonchev–Trinajstić information content (AvgIpc) is 3.56. The first-order valence-corrected chi connectivity index (χ1v) is 15.7. The van der Waals surface area contributed by atoms with Gasteiger partial charge in [0.25, 0.3) is 0 Å². The molecule has 0 radical (unpaired) electrons. The number of aromatic nitrogens is 1. The van der Waals surface area contributed by atoms with Gasteiger partial charge < -0.3 is 19.9 Å². The number of ether oxygens (including phenoxy) is 1. The minimum absolute atomic E-state index is 0.00234. The minimum atomic E-state index is -0.418. The van der Waals surface area contributed by atoms with Gasteiger partial charge in [-0.25, -0.2) is 14.8 Å². The van der Waals surface area contributed by atoms with Crippen LogP contribution in [0.25, 0.3) is 22.0 Å². The maximum atomic E-state index is 13.2. The molecule has 45 heavy (non-hydrogen) atoms. The number of rotatable bonds is 14. The van der Waals surface area contributed by atoms with Crippen LogP contribution in [0.2, 0.25) is 0 Å². The van der Waals surface area contributed by atoms with Gasteiger partial charge in [-0.15, -0.1) is 0 Å². The SMILES string of the molecule is CC(=O)NCCCCCNC(=O)CCn1c(CN(C)N(C)C(=O)OCC2c3ccccc3-c3ccccc32)cc2ccccc21. The molecule has 0 fully saturated rings. The number of unbranched alkanes of at least 4 members (excludes halogenated alkanes) is 2. The van der Waals surface area contributed by atoms with Crippen molar-refractivity contribution in [2.24, 2.45) is 0 Å². The molecule has 4 aromatic rings. The van der Waals surface area contributed by atoms with E-state index in [4.69, 9.17) is 4.74 Å². The predicted octanol–water partition coefficient (Wildman–Crippen LogP) is 5.68. The predicted molar refractivity (Wildman–Crippen MR) is 176 cm³/mol. The molecule has 0 spiro atoms. The Morgan fingerprint density at radius 3 is 2.13 bits per heavy atom. The van der Waals surface area contributed by atoms with Crippen LogP contribution in [0.3, 0.4) is 0 Å². The van der Waals surface area contributed by atoms with E-state index in [2.05, 4.69) is 57.7 Å². The number of nitrogens with one attached hydrogen (secondary N) is 2. The van der Waals surface area contributed by atoms with Crippen LogP contribution in [0, 0.1) is 0 Å². The van der Waals surface area contributed by atoms with Crippen molar-refractivity contribution in [2.45, 2.75) is 51.6 Å². The van der Waals surface area contributed by atoms with Crippen LogP contribution in [0.1, 0.15) is 55.3 Å². The van der Waals surface area contributed by atoms with E-state index in [0.29, 0.717) is 32.6 Å². The van der Waals surface area contributed by atoms with Crippen molar-refractivity contribution in [1.82, 2.24) is 25.2 Å². The zero-order valence-electron chi connectivity index (χ0n) is 26.4. The van der Waals surface area contributed by atoms with Crippen LogP contribution in [-0.2, 0) is 27.4 Å². The lowest BCUT2D eigenvalue weighted by Crippen LogP contribution is -2.41. The molecule has 0 atom stereocenters. The monoisotopic (exact) mass is 609 g/mol. The Morgan fingerprint density at radius 1 is 0.822 bits per heavy atom. The zero-order valence-corrected chi connectivity index (χ0v) is 26.4. The van der Waals surface area contributed by atoms with Crippen molar-refractivity contribution in [3.63, 3.8) is 0 Å². The summed E-state index contributed by atoms with van der Waals surface area (Å²) in [5, 5.41) is 10.2. The van der Waals surface area contributed by atoms with Crippen molar-refractivity contribution in [2.75, 3.05) is 33.8 Å². The molecule has 1 aliphatic carbocycles. The molecular weight excluding hydrogens is 566 g/mol. The third-order valence-corrected chi connectivity index (χ3v) is 8.51. The van der Waals surface area contributed by atoms with Crippen LogP contribution in [-0.4, -0.2) is 66.3 Å². The van der Waals surface area contributed by atoms with Crippen LogP contribution >= 0.6 is 0 Å². The smallest absolute Gasteiger partial charge is 0.424 e. The van der Waals surface area contributed by atoms with Crippen LogP contribution < -0.4 is 10.6 Å². The fraction of sp³-hybridized carbons (Fsp3) is 0.361. The number of amides is 3. The largest absolute Gasteiger partial charge is 0.447 e. The molecular formula is C36H43N5O4. The van der Waals surface area contributed by atoms with E-state index in [9.17, 15) is 14.4 Å². The number of hydrogen-bond donors (Lipinski definition) is 2. The Morgan fingerprint density at radius 2 is 1.44 bits per heavy atom. The summed E-state index contributed by atoms with van der Waals surface area (Å²) in [6, 6.07) is 26.8. The molecule has 0 unspecified atom stereocenters. The van der Waals surface area contributed by atoms with E-state index >= 15 is 0 Å². The van der Waals surface area contributed by atoms with Crippen molar-refractivity contribution < 1.29 is 19.1 Å². The summed E-state index contributed by atoms with van der Waals surface area (Å²) < 4.78 is 8.03. The number of hydrogen-bond acceptors (Lipinski definition) is 5. The van der Waals surface area contributed by atoms with Gasteiger partial charge in [-0.2, -0.15) is 0 Å². The fourth-order valence-electron chi connectivity index (χ4n) is 6.05. The Hall–Kier alpha value is -4.63. The van der Waals surface area contributed by atoms with Gasteiger partial charge >= 0.3 is 6.09 Å². The first kappa shape index (κ1) is 31.8. The van der Waals surface area contributed by atoms with E-state index in [-0.39, 0.29) is 24.3 Å². The molecule has 3 aromatic carbocycles. The van der Waals surface area contributed by atoms with Gasteiger partial charge in [0.05, 0.1) is 6.54 Å². The third kappa shape index (κ3) is 7.72. The van der Waals surface area contributed by atoms with Gasteiger partial charge in [0.2, 0.25) is 11.8 Å². The van der Waals surface area contributed by atoms with Gasteiger partial charge in [0, 0.05) is 64.2 Å². The normalized spacial score (nSPS) is 12.2. The van der Waals surface area contributed by atoms with Crippen molar-refractivity contribution in [3.05, 3.63) is 95.7 Å². The summed E-state index contributed by atoms with van der Waals surface area (Å²) >= 11 is 0. The molecule has 236 valence electrons. The topological polar surface area (TPSA) is 95.9 Å². The van der Waals surface area contributed by atoms with Crippen molar-refractivity contribution in [3.8, 4) is 11.1 Å². The summed E-state index contributed by atoms with van der Waals surface area (Å²) in [5.41, 5.74) is 6.80. The lowest BCUT2D eigenvalue weighted by molar-refractivity contribution is -0.121. The average molecular weight is 610 g/mol. The highest BCUT2D eigenvalue weighted by Crippen LogP contribution is 2.44. The number of benzene rings is 3. The maximum Gasteiger partial charge on any atom is 0.424 e. The van der Waals surface area contributed by atoms with E-state index < -0.39 is 6.09 Å². The molecule has 3 amide bonds. The maximum absolute atomic E-state index is 13.2. The molecule has 2 N–H and O–H groups in total. The highest BCUT2D eigenvalue weighted by molar-refractivity contribution is 5.82. The summed E-state index contributed by atoms with van der Waals surface area (Å²) in [4.78, 5) is 36.8. The molecule has 0 bridgehead atoms. The highest BCUT2D eigenvalue weighted by Gasteiger charge is 2.30. The Labute approximate surface area is 265 Å². The first-order valence-electron chi connectivity index (χ1n) is 15.7. The lowest BCUT2D eigenvalue weighted by atomic mass is 9.98. The van der Waals surface area contributed by atoms with E-state index in [1.54, 1.807) is 7.05 Å². The van der Waals surface area contributed by atoms with Crippen LogP contribution in [0.5, 0.6) is 0 Å². The molecule has 0 saturated carbocycles. The van der Waals surface area contributed by atoms with Crippen LogP contribution in [0.4, 0.5) is 4.79 Å². The molecule has 0 aliphatic heterocycles. The summed E-state index contributed by atoms with van der Waals surface area (Å²) in [6.07, 6.45) is 2.64. The molecule has 1 heterocycles. The molecule has 5 rings (SSSR count). The third-order valence-electron chi connectivity index (χ3n) is 8.51. The van der Waals surface area contributed by atoms with Crippen LogP contribution in [0.15, 0.2) is 78.9 Å². The molecule has 9 heteroatoms. The lowest BCUT2D eigenvalue weighted by Gasteiger charge is -2.28. The van der Waals surface area contributed by atoms with Gasteiger partial charge in [-0.05, 0) is 59.0 Å². The second-order valence-corrected chi connectivity index (χ2v) is 11.6. The molecule has 1 aromatic heterocycles. The van der Waals surface area contributed by atoms with Gasteiger partial charge in [0.1, 0.15) is 6.61 Å². The number of carbonyl (C=O) groups excluding carboxylic acids is 3. The van der Waals surface area contributed by atoms with Crippen molar-refractivity contribution in [1.29, 1.82) is 0 Å². The second-order valence-electron chi connectivity index (χ2n) is 11.6. The quantitative estimate of drug-likeness (QED) is 0.142. The molecule has 0 saturated heterocycles. The number of aryl methyl sites for hydroxylation is 1. The standard InChI is InChI=1S/C36H43N5O4/c1-26(42)37-20-11-4-12-21-38-35(43)19-22-41-28(23-27-13-5-10-18-34(27)41)24-39(2)40(3)36(44)45-25-33-31-16-8-6-14-29(31)30-15-7-9-17-32(30)33/h5-10,13-18,23,33H,4,11-12,19-22,24-25H2,1-3H3,(H,37,42)(H,38,43). The number of carbonyl (C=O) groups is 3.